The summed E-state index contributed by atoms with van der Waals surface area (Å²) < 4.78 is 5.70. The lowest BCUT2D eigenvalue weighted by Gasteiger charge is -2.34. The maximum atomic E-state index is 12.6. The normalized spacial score (nSPS) is 25.2. The van der Waals surface area contributed by atoms with Crippen molar-refractivity contribution in [2.24, 2.45) is 11.8 Å². The smallest absolute Gasteiger partial charge is 0.251 e. The molecule has 3 atom stereocenters. The van der Waals surface area contributed by atoms with Gasteiger partial charge in [-0.1, -0.05) is 13.8 Å². The van der Waals surface area contributed by atoms with Gasteiger partial charge in [0, 0.05) is 26.2 Å². The number of piperidine rings is 1. The van der Waals surface area contributed by atoms with Crippen LogP contribution < -0.4 is 10.6 Å². The monoisotopic (exact) mass is 353 g/mol. The molecule has 0 aromatic rings. The maximum Gasteiger partial charge on any atom is 0.251 e. The van der Waals surface area contributed by atoms with Crippen molar-refractivity contribution in [3.8, 4) is 0 Å². The van der Waals surface area contributed by atoms with Gasteiger partial charge in [-0.15, -0.1) is 0 Å². The first kappa shape index (κ1) is 20.2. The van der Waals surface area contributed by atoms with Crippen molar-refractivity contribution in [3.05, 3.63) is 0 Å². The Balaban J connectivity index is 1.71. The molecule has 0 aromatic carbocycles. The summed E-state index contributed by atoms with van der Waals surface area (Å²) in [5.74, 6) is 1.11. The highest BCUT2D eigenvalue weighted by molar-refractivity contribution is 5.82. The first-order valence-electron chi connectivity index (χ1n) is 9.89. The van der Waals surface area contributed by atoms with E-state index in [1.807, 2.05) is 11.8 Å². The SMILES string of the molecule is CC(C)CCOC(C)C(=O)N1CCCC(CNC(=O)C2CCCN2)C1. The molecule has 2 heterocycles. The Morgan fingerprint density at radius 3 is 2.72 bits per heavy atom. The first-order chi connectivity index (χ1) is 12.0. The van der Waals surface area contributed by atoms with Gasteiger partial charge in [-0.2, -0.15) is 0 Å². The summed E-state index contributed by atoms with van der Waals surface area (Å²) in [6.45, 7) is 9.88. The van der Waals surface area contributed by atoms with Crippen LogP contribution in [0.25, 0.3) is 0 Å². The van der Waals surface area contributed by atoms with E-state index in [0.717, 1.165) is 51.7 Å². The van der Waals surface area contributed by atoms with E-state index in [9.17, 15) is 9.59 Å². The van der Waals surface area contributed by atoms with E-state index in [4.69, 9.17) is 4.74 Å². The Bertz CT molecular complexity index is 436. The molecule has 6 heteroatoms. The average Bonchev–Trinajstić information content (AvgIpc) is 3.13. The zero-order valence-electron chi connectivity index (χ0n) is 16.1. The number of nitrogens with one attached hydrogen (secondary N) is 2. The largest absolute Gasteiger partial charge is 0.369 e. The third-order valence-electron chi connectivity index (χ3n) is 5.18. The van der Waals surface area contributed by atoms with Crippen molar-refractivity contribution >= 4 is 11.8 Å². The minimum absolute atomic E-state index is 0.0318. The van der Waals surface area contributed by atoms with Crippen LogP contribution in [0.15, 0.2) is 0 Å². The second kappa shape index (κ2) is 10.1. The molecule has 2 aliphatic heterocycles. The number of hydrogen-bond acceptors (Lipinski definition) is 4. The summed E-state index contributed by atoms with van der Waals surface area (Å²) in [6, 6.07) is -0.0318. The number of hydrogen-bond donors (Lipinski definition) is 2. The lowest BCUT2D eigenvalue weighted by Crippen LogP contribution is -2.48. The van der Waals surface area contributed by atoms with Gasteiger partial charge in [-0.25, -0.2) is 0 Å². The topological polar surface area (TPSA) is 70.7 Å². The lowest BCUT2D eigenvalue weighted by atomic mass is 9.97. The molecule has 2 aliphatic rings. The quantitative estimate of drug-likeness (QED) is 0.694. The molecule has 0 saturated carbocycles. The summed E-state index contributed by atoms with van der Waals surface area (Å²) >= 11 is 0. The highest BCUT2D eigenvalue weighted by Gasteiger charge is 2.28. The molecule has 0 radical (unpaired) electrons. The van der Waals surface area contributed by atoms with Crippen LogP contribution in [-0.2, 0) is 14.3 Å². The van der Waals surface area contributed by atoms with Crippen LogP contribution in [0.4, 0.5) is 0 Å². The van der Waals surface area contributed by atoms with Crippen LogP contribution in [0.5, 0.6) is 0 Å². The Kier molecular flexibility index (Phi) is 8.16. The first-order valence-corrected chi connectivity index (χ1v) is 9.89. The lowest BCUT2D eigenvalue weighted by molar-refractivity contribution is -0.144. The van der Waals surface area contributed by atoms with Crippen LogP contribution >= 0.6 is 0 Å². The summed E-state index contributed by atoms with van der Waals surface area (Å²) in [4.78, 5) is 26.6. The fourth-order valence-corrected chi connectivity index (χ4v) is 3.52. The van der Waals surface area contributed by atoms with E-state index >= 15 is 0 Å². The molecule has 25 heavy (non-hydrogen) atoms. The Labute approximate surface area is 152 Å². The van der Waals surface area contributed by atoms with E-state index in [2.05, 4.69) is 24.5 Å². The number of amides is 2. The molecule has 2 amide bonds. The molecule has 0 aromatic heterocycles. The van der Waals surface area contributed by atoms with Crippen molar-refractivity contribution in [1.29, 1.82) is 0 Å². The summed E-state index contributed by atoms with van der Waals surface area (Å²) in [7, 11) is 0. The van der Waals surface area contributed by atoms with Crippen molar-refractivity contribution < 1.29 is 14.3 Å². The Morgan fingerprint density at radius 2 is 2.04 bits per heavy atom. The number of nitrogens with zero attached hydrogens (tertiary/aromatic N) is 1. The van der Waals surface area contributed by atoms with Crippen molar-refractivity contribution in [2.45, 2.75) is 65.0 Å². The van der Waals surface area contributed by atoms with Gasteiger partial charge >= 0.3 is 0 Å². The predicted molar refractivity (Wildman–Crippen MR) is 98.2 cm³/mol. The second-order valence-electron chi connectivity index (χ2n) is 7.88. The number of carbonyl (C=O) groups excluding carboxylic acids is 2. The predicted octanol–water partition coefficient (Wildman–Crippen LogP) is 1.54. The summed E-state index contributed by atoms with van der Waals surface area (Å²) in [6.07, 6.45) is 4.64. The third kappa shape index (κ3) is 6.59. The van der Waals surface area contributed by atoms with Gasteiger partial charge in [0.25, 0.3) is 5.91 Å². The minimum Gasteiger partial charge on any atom is -0.369 e. The molecule has 0 spiro atoms. The van der Waals surface area contributed by atoms with Gasteiger partial charge in [0.05, 0.1) is 6.04 Å². The average molecular weight is 354 g/mol. The van der Waals surface area contributed by atoms with Gasteiger partial charge in [0.15, 0.2) is 0 Å². The second-order valence-corrected chi connectivity index (χ2v) is 7.88. The van der Waals surface area contributed by atoms with Crippen LogP contribution in [0.1, 0.15) is 52.9 Å². The molecule has 2 rings (SSSR count). The molecule has 2 fully saturated rings. The molecular formula is C19H35N3O3. The molecule has 2 N–H and O–H groups in total. The highest BCUT2D eigenvalue weighted by atomic mass is 16.5. The molecule has 2 saturated heterocycles. The van der Waals surface area contributed by atoms with E-state index in [1.54, 1.807) is 0 Å². The number of ether oxygens (including phenoxy) is 1. The van der Waals surface area contributed by atoms with Crippen LogP contribution in [-0.4, -0.2) is 61.6 Å². The molecular weight excluding hydrogens is 318 g/mol. The van der Waals surface area contributed by atoms with Crippen LogP contribution in [0, 0.1) is 11.8 Å². The van der Waals surface area contributed by atoms with Gasteiger partial charge in [0.1, 0.15) is 6.10 Å². The third-order valence-corrected chi connectivity index (χ3v) is 5.18. The Morgan fingerprint density at radius 1 is 1.24 bits per heavy atom. The van der Waals surface area contributed by atoms with Gasteiger partial charge in [-0.3, -0.25) is 9.59 Å². The number of carbonyl (C=O) groups is 2. The molecule has 0 bridgehead atoms. The zero-order valence-corrected chi connectivity index (χ0v) is 16.1. The molecule has 0 aliphatic carbocycles. The van der Waals surface area contributed by atoms with Gasteiger partial charge in [-0.05, 0) is 57.4 Å². The molecule has 144 valence electrons. The van der Waals surface area contributed by atoms with E-state index < -0.39 is 0 Å². The summed E-state index contributed by atoms with van der Waals surface area (Å²) in [5.41, 5.74) is 0. The van der Waals surface area contributed by atoms with E-state index in [-0.39, 0.29) is 24.0 Å². The van der Waals surface area contributed by atoms with Crippen molar-refractivity contribution in [3.63, 3.8) is 0 Å². The van der Waals surface area contributed by atoms with E-state index in [0.29, 0.717) is 25.0 Å². The van der Waals surface area contributed by atoms with E-state index in [1.165, 1.54) is 0 Å². The number of rotatable bonds is 8. The van der Waals surface area contributed by atoms with Crippen LogP contribution in [0.3, 0.4) is 0 Å². The maximum absolute atomic E-state index is 12.6. The molecule has 3 unspecified atom stereocenters. The Hall–Kier alpha value is -1.14. The summed E-state index contributed by atoms with van der Waals surface area (Å²) in [5, 5.41) is 6.28. The fraction of sp³-hybridized carbons (Fsp3) is 0.895. The fourth-order valence-electron chi connectivity index (χ4n) is 3.52. The van der Waals surface area contributed by atoms with Crippen LogP contribution in [0.2, 0.25) is 0 Å². The zero-order chi connectivity index (χ0) is 18.2. The van der Waals surface area contributed by atoms with Gasteiger partial charge < -0.3 is 20.3 Å². The number of likely N-dealkylation sites (tertiary alicyclic amines) is 1. The minimum atomic E-state index is -0.380. The standard InChI is InChI=1S/C19H35N3O3/c1-14(2)8-11-25-15(3)19(24)22-10-5-6-16(13-22)12-21-18(23)17-7-4-9-20-17/h14-17,20H,4-13H2,1-3H3,(H,21,23). The van der Waals surface area contributed by atoms with Crippen molar-refractivity contribution in [1.82, 2.24) is 15.5 Å². The highest BCUT2D eigenvalue weighted by Crippen LogP contribution is 2.18. The van der Waals surface area contributed by atoms with Crippen molar-refractivity contribution in [2.75, 3.05) is 32.8 Å². The van der Waals surface area contributed by atoms with Gasteiger partial charge in [0.2, 0.25) is 5.91 Å². The molecule has 6 nitrogen and oxygen atoms in total.